The van der Waals surface area contributed by atoms with Crippen LogP contribution in [0.1, 0.15) is 20.7 Å². The number of hydrogen-bond donors (Lipinski definition) is 2. The topological polar surface area (TPSA) is 108 Å². The Labute approximate surface area is 197 Å². The van der Waals surface area contributed by atoms with Crippen molar-refractivity contribution in [1.82, 2.24) is 20.1 Å². The molecule has 1 aromatic heterocycles. The number of pyridine rings is 1. The van der Waals surface area contributed by atoms with Crippen molar-refractivity contribution in [1.29, 1.82) is 0 Å². The number of carbonyl (C=O) groups excluding carboxylic acids is 2. The highest BCUT2D eigenvalue weighted by molar-refractivity contribution is 7.89. The van der Waals surface area contributed by atoms with E-state index in [-0.39, 0.29) is 10.5 Å². The third-order valence-electron chi connectivity index (χ3n) is 5.19. The van der Waals surface area contributed by atoms with Crippen LogP contribution in [-0.2, 0) is 10.0 Å². The van der Waals surface area contributed by atoms with E-state index in [2.05, 4.69) is 15.8 Å². The summed E-state index contributed by atoms with van der Waals surface area (Å²) in [6.45, 7) is 0. The number of nitrogens with zero attached hydrogens (tertiary/aromatic N) is 2. The van der Waals surface area contributed by atoms with Gasteiger partial charge in [0.05, 0.1) is 21.7 Å². The lowest BCUT2D eigenvalue weighted by Crippen LogP contribution is -2.41. The molecule has 4 rings (SSSR count). The predicted molar refractivity (Wildman–Crippen MR) is 129 cm³/mol. The fourth-order valence-corrected chi connectivity index (χ4v) is 4.33. The molecule has 0 saturated heterocycles. The maximum absolute atomic E-state index is 13.0. The quantitative estimate of drug-likeness (QED) is 0.432. The number of amides is 2. The fraction of sp³-hybridized carbons (Fsp3) is 0.0800. The van der Waals surface area contributed by atoms with Crippen LogP contribution in [-0.4, -0.2) is 43.6 Å². The van der Waals surface area contributed by atoms with Crippen LogP contribution < -0.4 is 10.9 Å². The summed E-state index contributed by atoms with van der Waals surface area (Å²) in [5, 5.41) is 0.632. The second kappa shape index (κ2) is 9.42. The molecular weight excluding hydrogens is 452 g/mol. The van der Waals surface area contributed by atoms with Gasteiger partial charge in [-0.2, -0.15) is 0 Å². The number of hydrogen-bond acceptors (Lipinski definition) is 5. The Bertz CT molecular complexity index is 1490. The molecule has 4 aromatic rings. The van der Waals surface area contributed by atoms with E-state index in [4.69, 9.17) is 0 Å². The molecule has 0 spiro atoms. The number of fused-ring (bicyclic) bond motifs is 1. The van der Waals surface area contributed by atoms with Crippen LogP contribution >= 0.6 is 0 Å². The second-order valence-electron chi connectivity index (χ2n) is 7.66. The average Bonchev–Trinajstić information content (AvgIpc) is 2.86. The van der Waals surface area contributed by atoms with Gasteiger partial charge in [-0.3, -0.25) is 20.4 Å². The van der Waals surface area contributed by atoms with E-state index in [1.54, 1.807) is 18.2 Å². The third-order valence-corrected chi connectivity index (χ3v) is 7.01. The van der Waals surface area contributed by atoms with Gasteiger partial charge in [-0.15, -0.1) is 0 Å². The summed E-state index contributed by atoms with van der Waals surface area (Å²) in [5.41, 5.74) is 7.33. The van der Waals surface area contributed by atoms with Crippen LogP contribution in [0.15, 0.2) is 89.8 Å². The molecule has 0 atom stereocenters. The minimum atomic E-state index is -3.70. The van der Waals surface area contributed by atoms with Gasteiger partial charge in [-0.1, -0.05) is 54.6 Å². The number of nitrogens with one attached hydrogen (secondary N) is 2. The molecule has 172 valence electrons. The Balaban J connectivity index is 1.59. The Hall–Kier alpha value is -4.08. The lowest BCUT2D eigenvalue weighted by atomic mass is 10.0. The first kappa shape index (κ1) is 23.1. The molecular formula is C25H22N4O4S. The van der Waals surface area contributed by atoms with E-state index in [9.17, 15) is 18.0 Å². The van der Waals surface area contributed by atoms with Crippen LogP contribution in [0.5, 0.6) is 0 Å². The third kappa shape index (κ3) is 4.66. The summed E-state index contributed by atoms with van der Waals surface area (Å²) in [5.74, 6) is -1.17. The lowest BCUT2D eigenvalue weighted by Gasteiger charge is -2.13. The molecule has 0 saturated carbocycles. The number of hydrazine groups is 1. The summed E-state index contributed by atoms with van der Waals surface area (Å²) in [6, 6.07) is 24.0. The van der Waals surface area contributed by atoms with Gasteiger partial charge >= 0.3 is 0 Å². The molecule has 3 aromatic carbocycles. The number of sulfonamides is 1. The van der Waals surface area contributed by atoms with Crippen molar-refractivity contribution >= 4 is 32.7 Å². The number of rotatable bonds is 5. The molecule has 0 unspecified atom stereocenters. The highest BCUT2D eigenvalue weighted by Crippen LogP contribution is 2.24. The molecule has 0 bridgehead atoms. The number of para-hydroxylation sites is 1. The van der Waals surface area contributed by atoms with Crippen molar-refractivity contribution < 1.29 is 18.0 Å². The first-order chi connectivity index (χ1) is 16.3. The molecule has 1 heterocycles. The lowest BCUT2D eigenvalue weighted by molar-refractivity contribution is 0.0847. The molecule has 2 N–H and O–H groups in total. The summed E-state index contributed by atoms with van der Waals surface area (Å²) >= 11 is 0. The molecule has 2 amide bonds. The van der Waals surface area contributed by atoms with Gasteiger partial charge in [0.1, 0.15) is 0 Å². The minimum absolute atomic E-state index is 0.0240. The smallest absolute Gasteiger partial charge is 0.267 e. The predicted octanol–water partition coefficient (Wildman–Crippen LogP) is 3.23. The normalized spacial score (nSPS) is 11.4. The first-order valence-electron chi connectivity index (χ1n) is 10.4. The van der Waals surface area contributed by atoms with Crippen LogP contribution in [0.3, 0.4) is 0 Å². The Morgan fingerprint density at radius 2 is 1.47 bits per heavy atom. The number of aromatic nitrogens is 1. The van der Waals surface area contributed by atoms with Gasteiger partial charge in [0.25, 0.3) is 11.8 Å². The zero-order chi connectivity index (χ0) is 24.3. The summed E-state index contributed by atoms with van der Waals surface area (Å²) < 4.78 is 25.8. The second-order valence-corrected chi connectivity index (χ2v) is 9.81. The van der Waals surface area contributed by atoms with Crippen LogP contribution in [0.4, 0.5) is 0 Å². The highest BCUT2D eigenvalue weighted by Gasteiger charge is 2.19. The highest BCUT2D eigenvalue weighted by atomic mass is 32.2. The van der Waals surface area contributed by atoms with Crippen molar-refractivity contribution in [3.8, 4) is 11.3 Å². The fourth-order valence-electron chi connectivity index (χ4n) is 3.38. The van der Waals surface area contributed by atoms with Crippen LogP contribution in [0.25, 0.3) is 22.2 Å². The van der Waals surface area contributed by atoms with Crippen LogP contribution in [0.2, 0.25) is 0 Å². The van der Waals surface area contributed by atoms with E-state index in [0.29, 0.717) is 22.2 Å². The van der Waals surface area contributed by atoms with Gasteiger partial charge < -0.3 is 0 Å². The molecule has 9 heteroatoms. The largest absolute Gasteiger partial charge is 0.270 e. The molecule has 0 aliphatic carbocycles. The maximum Gasteiger partial charge on any atom is 0.270 e. The number of carbonyl (C=O) groups is 2. The SMILES string of the molecule is CN(C)S(=O)(=O)c1cccc(C(=O)NNC(=O)c2cc(-c3ccccc3)nc3ccccc23)c1. The molecule has 0 radical (unpaired) electrons. The zero-order valence-electron chi connectivity index (χ0n) is 18.5. The van der Waals surface area contributed by atoms with Crippen molar-refractivity contribution in [2.75, 3.05) is 14.1 Å². The van der Waals surface area contributed by atoms with E-state index in [1.165, 1.54) is 38.4 Å². The minimum Gasteiger partial charge on any atom is -0.267 e. The molecule has 34 heavy (non-hydrogen) atoms. The summed E-state index contributed by atoms with van der Waals surface area (Å²) in [6.07, 6.45) is 0. The van der Waals surface area contributed by atoms with Crippen molar-refractivity contribution in [2.24, 2.45) is 0 Å². The molecule has 0 aliphatic heterocycles. The van der Waals surface area contributed by atoms with Crippen molar-refractivity contribution in [2.45, 2.75) is 4.90 Å². The Kier molecular flexibility index (Phi) is 6.40. The monoisotopic (exact) mass is 474 g/mol. The van der Waals surface area contributed by atoms with Gasteiger partial charge in [0.2, 0.25) is 10.0 Å². The van der Waals surface area contributed by atoms with Crippen molar-refractivity contribution in [3.63, 3.8) is 0 Å². The van der Waals surface area contributed by atoms with E-state index in [0.717, 1.165) is 9.87 Å². The van der Waals surface area contributed by atoms with E-state index >= 15 is 0 Å². The first-order valence-corrected chi connectivity index (χ1v) is 11.8. The summed E-state index contributed by atoms with van der Waals surface area (Å²) in [7, 11) is -0.888. The van der Waals surface area contributed by atoms with E-state index in [1.807, 2.05) is 42.5 Å². The zero-order valence-corrected chi connectivity index (χ0v) is 19.3. The maximum atomic E-state index is 13.0. The van der Waals surface area contributed by atoms with Crippen molar-refractivity contribution in [3.05, 3.63) is 96.1 Å². The standard InChI is InChI=1S/C25H22N4O4S/c1-29(2)34(32,33)19-12-8-11-18(15-19)24(30)27-28-25(31)21-16-23(17-9-4-3-5-10-17)26-22-14-7-6-13-20(21)22/h3-16H,1-2H3,(H,27,30)(H,28,31). The molecule has 8 nitrogen and oxygen atoms in total. The summed E-state index contributed by atoms with van der Waals surface area (Å²) in [4.78, 5) is 30.3. The van der Waals surface area contributed by atoms with Gasteiger partial charge in [-0.25, -0.2) is 17.7 Å². The van der Waals surface area contributed by atoms with Gasteiger partial charge in [0.15, 0.2) is 0 Å². The van der Waals surface area contributed by atoms with Crippen LogP contribution in [0, 0.1) is 0 Å². The Morgan fingerprint density at radius 1 is 0.794 bits per heavy atom. The van der Waals surface area contributed by atoms with Gasteiger partial charge in [-0.05, 0) is 30.3 Å². The van der Waals surface area contributed by atoms with E-state index < -0.39 is 21.8 Å². The number of benzene rings is 3. The van der Waals surface area contributed by atoms with Gasteiger partial charge in [0, 0.05) is 30.6 Å². The average molecular weight is 475 g/mol. The Morgan fingerprint density at radius 3 is 2.21 bits per heavy atom. The molecule has 0 aliphatic rings. The molecule has 0 fully saturated rings.